The molecule has 1 rings (SSSR count). The van der Waals surface area contributed by atoms with Crippen LogP contribution in [0.4, 0.5) is 0 Å². The van der Waals surface area contributed by atoms with Gasteiger partial charge < -0.3 is 0 Å². The Labute approximate surface area is 70.9 Å². The van der Waals surface area contributed by atoms with Gasteiger partial charge in [-0.25, -0.2) is 0 Å². The van der Waals surface area contributed by atoms with E-state index >= 15 is 0 Å². The standard InChI is InChI=1S/C8H13I/c1-8(6-7-9)4-2-3-5-8/h6-7H,2-5H2,1H3/b7-6+. The third kappa shape index (κ3) is 1.95. The Hall–Kier alpha value is 0.470. The normalized spacial score (nSPS) is 25.6. The molecule has 1 fully saturated rings. The van der Waals surface area contributed by atoms with Gasteiger partial charge in [-0.05, 0) is 22.3 Å². The zero-order valence-electron chi connectivity index (χ0n) is 5.86. The molecule has 52 valence electrons. The quantitative estimate of drug-likeness (QED) is 0.611. The van der Waals surface area contributed by atoms with Gasteiger partial charge in [-0.2, -0.15) is 0 Å². The third-order valence-electron chi connectivity index (χ3n) is 2.21. The molecule has 0 atom stereocenters. The van der Waals surface area contributed by atoms with E-state index in [0.717, 1.165) is 0 Å². The van der Waals surface area contributed by atoms with Crippen molar-refractivity contribution in [3.05, 3.63) is 10.2 Å². The van der Waals surface area contributed by atoms with E-state index in [1.807, 2.05) is 0 Å². The second kappa shape index (κ2) is 3.04. The lowest BCUT2D eigenvalue weighted by molar-refractivity contribution is 0.447. The average Bonchev–Trinajstić information content (AvgIpc) is 2.16. The van der Waals surface area contributed by atoms with Crippen LogP contribution in [0, 0.1) is 5.41 Å². The highest BCUT2D eigenvalue weighted by Gasteiger charge is 2.24. The minimum absolute atomic E-state index is 0.557. The van der Waals surface area contributed by atoms with Gasteiger partial charge in [-0.15, -0.1) is 0 Å². The van der Waals surface area contributed by atoms with Gasteiger partial charge in [0, 0.05) is 0 Å². The Morgan fingerprint density at radius 1 is 1.33 bits per heavy atom. The maximum atomic E-state index is 2.36. The van der Waals surface area contributed by atoms with E-state index in [4.69, 9.17) is 0 Å². The largest absolute Gasteiger partial charge is 0.0725 e. The highest BCUT2D eigenvalue weighted by atomic mass is 127. The van der Waals surface area contributed by atoms with E-state index in [1.165, 1.54) is 25.7 Å². The van der Waals surface area contributed by atoms with Crippen LogP contribution in [-0.2, 0) is 0 Å². The third-order valence-corrected chi connectivity index (χ3v) is 2.57. The zero-order valence-corrected chi connectivity index (χ0v) is 8.02. The Bertz CT molecular complexity index is 110. The lowest BCUT2D eigenvalue weighted by atomic mass is 9.89. The molecule has 0 heterocycles. The first-order valence-corrected chi connectivity index (χ1v) is 4.79. The summed E-state index contributed by atoms with van der Waals surface area (Å²) in [5, 5.41) is 0. The molecule has 0 nitrogen and oxygen atoms in total. The van der Waals surface area contributed by atoms with E-state index in [-0.39, 0.29) is 0 Å². The first-order valence-electron chi connectivity index (χ1n) is 3.55. The summed E-state index contributed by atoms with van der Waals surface area (Å²) in [6.07, 6.45) is 7.99. The van der Waals surface area contributed by atoms with Crippen molar-refractivity contribution in [1.82, 2.24) is 0 Å². The Balaban J connectivity index is 2.51. The van der Waals surface area contributed by atoms with Gasteiger partial charge >= 0.3 is 0 Å². The van der Waals surface area contributed by atoms with Crippen molar-refractivity contribution in [3.8, 4) is 0 Å². The summed E-state index contributed by atoms with van der Waals surface area (Å²) >= 11 is 2.31. The highest BCUT2D eigenvalue weighted by Crippen LogP contribution is 2.38. The Morgan fingerprint density at radius 3 is 2.33 bits per heavy atom. The van der Waals surface area contributed by atoms with Crippen molar-refractivity contribution in [3.63, 3.8) is 0 Å². The monoisotopic (exact) mass is 236 g/mol. The van der Waals surface area contributed by atoms with Crippen LogP contribution >= 0.6 is 22.6 Å². The second-order valence-electron chi connectivity index (χ2n) is 3.15. The van der Waals surface area contributed by atoms with Crippen molar-refractivity contribution >= 4 is 22.6 Å². The summed E-state index contributed by atoms with van der Waals surface area (Å²) in [5.41, 5.74) is 0.557. The maximum Gasteiger partial charge on any atom is -0.0139 e. The summed E-state index contributed by atoms with van der Waals surface area (Å²) in [6, 6.07) is 0. The Kier molecular flexibility index (Phi) is 2.56. The minimum Gasteiger partial charge on any atom is -0.0725 e. The number of rotatable bonds is 1. The molecule has 0 saturated heterocycles. The van der Waals surface area contributed by atoms with E-state index in [9.17, 15) is 0 Å². The molecule has 0 aromatic heterocycles. The lowest BCUT2D eigenvalue weighted by Crippen LogP contribution is -2.04. The molecule has 0 aromatic rings. The van der Waals surface area contributed by atoms with Crippen molar-refractivity contribution in [2.24, 2.45) is 5.41 Å². The van der Waals surface area contributed by atoms with Crippen LogP contribution in [0.5, 0.6) is 0 Å². The van der Waals surface area contributed by atoms with Crippen LogP contribution in [-0.4, -0.2) is 0 Å². The molecule has 0 spiro atoms. The predicted molar refractivity (Wildman–Crippen MR) is 49.7 cm³/mol. The molecule has 0 N–H and O–H groups in total. The molecular weight excluding hydrogens is 223 g/mol. The van der Waals surface area contributed by atoms with Crippen molar-refractivity contribution in [1.29, 1.82) is 0 Å². The van der Waals surface area contributed by atoms with Crippen LogP contribution < -0.4 is 0 Å². The topological polar surface area (TPSA) is 0 Å². The summed E-state index contributed by atoms with van der Waals surface area (Å²) in [5.74, 6) is 0. The molecule has 1 heteroatoms. The number of hydrogen-bond donors (Lipinski definition) is 0. The average molecular weight is 236 g/mol. The van der Waals surface area contributed by atoms with Crippen LogP contribution in [0.15, 0.2) is 10.2 Å². The molecule has 1 saturated carbocycles. The highest BCUT2D eigenvalue weighted by molar-refractivity contribution is 14.1. The molecule has 0 aromatic carbocycles. The van der Waals surface area contributed by atoms with Crippen LogP contribution in [0.1, 0.15) is 32.6 Å². The van der Waals surface area contributed by atoms with E-state index < -0.39 is 0 Å². The summed E-state index contributed by atoms with van der Waals surface area (Å²) < 4.78 is 2.16. The summed E-state index contributed by atoms with van der Waals surface area (Å²) in [7, 11) is 0. The number of halogens is 1. The predicted octanol–water partition coefficient (Wildman–Crippen LogP) is 3.52. The van der Waals surface area contributed by atoms with Crippen molar-refractivity contribution in [2.75, 3.05) is 0 Å². The lowest BCUT2D eigenvalue weighted by Gasteiger charge is -2.16. The number of hydrogen-bond acceptors (Lipinski definition) is 0. The van der Waals surface area contributed by atoms with Crippen molar-refractivity contribution < 1.29 is 0 Å². The Morgan fingerprint density at radius 2 is 1.89 bits per heavy atom. The van der Waals surface area contributed by atoms with Gasteiger partial charge in [-0.3, -0.25) is 0 Å². The molecular formula is C8H13I. The summed E-state index contributed by atoms with van der Waals surface area (Å²) in [6.45, 7) is 2.36. The van der Waals surface area contributed by atoms with Crippen molar-refractivity contribution in [2.45, 2.75) is 32.6 Å². The SMILES string of the molecule is CC1(/C=C/I)CCCC1. The zero-order chi connectivity index (χ0) is 6.74. The first-order chi connectivity index (χ1) is 4.27. The summed E-state index contributed by atoms with van der Waals surface area (Å²) in [4.78, 5) is 0. The first kappa shape index (κ1) is 7.58. The van der Waals surface area contributed by atoms with Gasteiger partial charge in [0.15, 0.2) is 0 Å². The van der Waals surface area contributed by atoms with Crippen LogP contribution in [0.3, 0.4) is 0 Å². The van der Waals surface area contributed by atoms with Gasteiger partial charge in [0.2, 0.25) is 0 Å². The van der Waals surface area contributed by atoms with Crippen LogP contribution in [0.25, 0.3) is 0 Å². The maximum absolute atomic E-state index is 2.36. The molecule has 9 heavy (non-hydrogen) atoms. The van der Waals surface area contributed by atoms with Gasteiger partial charge in [-0.1, -0.05) is 48.4 Å². The molecule has 0 bridgehead atoms. The fraction of sp³-hybridized carbons (Fsp3) is 0.750. The smallest absolute Gasteiger partial charge is 0.0139 e. The van der Waals surface area contributed by atoms with E-state index in [1.54, 1.807) is 0 Å². The van der Waals surface area contributed by atoms with Gasteiger partial charge in [0.25, 0.3) is 0 Å². The number of allylic oxidation sites excluding steroid dienone is 1. The second-order valence-corrected chi connectivity index (χ2v) is 3.87. The molecule has 1 aliphatic rings. The fourth-order valence-electron chi connectivity index (χ4n) is 1.50. The fourth-order valence-corrected chi connectivity index (χ4v) is 2.37. The minimum atomic E-state index is 0.557. The van der Waals surface area contributed by atoms with E-state index in [2.05, 4.69) is 39.7 Å². The van der Waals surface area contributed by atoms with Gasteiger partial charge in [0.05, 0.1) is 0 Å². The molecule has 0 unspecified atom stereocenters. The molecule has 0 radical (unpaired) electrons. The van der Waals surface area contributed by atoms with E-state index in [0.29, 0.717) is 5.41 Å². The molecule has 0 aliphatic heterocycles. The van der Waals surface area contributed by atoms with Crippen LogP contribution in [0.2, 0.25) is 0 Å². The molecule has 0 amide bonds. The van der Waals surface area contributed by atoms with Gasteiger partial charge in [0.1, 0.15) is 0 Å². The molecule has 1 aliphatic carbocycles.